The van der Waals surface area contributed by atoms with Crippen LogP contribution in [0.1, 0.15) is 52.9 Å². The van der Waals surface area contributed by atoms with Crippen molar-refractivity contribution < 1.29 is 22.7 Å². The summed E-state index contributed by atoms with van der Waals surface area (Å²) in [6.45, 7) is 5.85. The summed E-state index contributed by atoms with van der Waals surface area (Å²) < 4.78 is 34.1. The lowest BCUT2D eigenvalue weighted by Crippen LogP contribution is -2.41. The second-order valence-electron chi connectivity index (χ2n) is 10.8. The Kier molecular flexibility index (Phi) is 9.57. The molecule has 10 nitrogen and oxygen atoms in total. The Morgan fingerprint density at radius 2 is 1.78 bits per heavy atom. The monoisotopic (exact) mass is 714 g/mol. The van der Waals surface area contributed by atoms with Crippen LogP contribution in [0.5, 0.6) is 5.75 Å². The topological polar surface area (TPSA) is 120 Å². The van der Waals surface area contributed by atoms with Gasteiger partial charge in [0.25, 0.3) is 11.8 Å². The molecular formula is C32H32BrClN4O6S. The number of nitrogens with zero attached hydrogens (tertiary/aromatic N) is 3. The molecule has 3 aromatic carbocycles. The highest BCUT2D eigenvalue weighted by atomic mass is 79.9. The summed E-state index contributed by atoms with van der Waals surface area (Å²) in [6, 6.07) is 18.2. The number of hydrogen-bond acceptors (Lipinski definition) is 6. The van der Waals surface area contributed by atoms with Crippen molar-refractivity contribution in [3.8, 4) is 11.4 Å². The average molecular weight is 716 g/mol. The lowest BCUT2D eigenvalue weighted by atomic mass is 10.1. The molecule has 2 amide bonds. The highest BCUT2D eigenvalue weighted by Gasteiger charge is 2.32. The van der Waals surface area contributed by atoms with Crippen molar-refractivity contribution in [2.45, 2.75) is 51.4 Å². The first-order chi connectivity index (χ1) is 21.4. The minimum absolute atomic E-state index is 0.0102. The lowest BCUT2D eigenvalue weighted by molar-refractivity contribution is 0.0706. The molecule has 1 N–H and O–H groups in total. The Hall–Kier alpha value is -3.87. The van der Waals surface area contributed by atoms with Crippen LogP contribution in [0.25, 0.3) is 5.69 Å². The SMILES string of the molecule is CCS(=O)(=O)c1cccc(CNC(=O)c2c3n(c(=O)n2-c2ccc(OC(C)C)cc2)CCN(C(=O)c2ccc(Br)c(Cl)c2)C3)c1. The number of aromatic nitrogens is 2. The van der Waals surface area contributed by atoms with Crippen molar-refractivity contribution in [2.24, 2.45) is 0 Å². The van der Waals surface area contributed by atoms with Crippen molar-refractivity contribution in [2.75, 3.05) is 12.3 Å². The van der Waals surface area contributed by atoms with Gasteiger partial charge in [-0.1, -0.05) is 30.7 Å². The third-order valence-electron chi connectivity index (χ3n) is 7.41. The first-order valence-corrected chi connectivity index (χ1v) is 17.2. The summed E-state index contributed by atoms with van der Waals surface area (Å²) in [5.74, 6) is -0.266. The first kappa shape index (κ1) is 32.5. The summed E-state index contributed by atoms with van der Waals surface area (Å²) in [6.07, 6.45) is -0.0448. The number of halogens is 2. The van der Waals surface area contributed by atoms with Gasteiger partial charge in [-0.2, -0.15) is 0 Å². The molecule has 2 heterocycles. The Labute approximate surface area is 274 Å². The fraction of sp³-hybridized carbons (Fsp3) is 0.281. The minimum atomic E-state index is -3.44. The van der Waals surface area contributed by atoms with E-state index in [0.29, 0.717) is 37.8 Å². The smallest absolute Gasteiger partial charge is 0.333 e. The van der Waals surface area contributed by atoms with E-state index in [9.17, 15) is 22.8 Å². The molecule has 0 radical (unpaired) electrons. The van der Waals surface area contributed by atoms with Crippen LogP contribution in [-0.2, 0) is 29.5 Å². The predicted octanol–water partition coefficient (Wildman–Crippen LogP) is 5.22. The molecule has 5 rings (SSSR count). The standard InChI is InChI=1S/C32H32BrClN4O6S/c1-4-45(42,43)25-7-5-6-21(16-25)18-35-30(39)29-28-19-36(31(40)22-8-13-26(33)27(34)17-22)14-15-37(28)32(41)38(29)23-9-11-24(12-10-23)44-20(2)3/h5-13,16-17,20H,4,14-15,18-19H2,1-3H3,(H,35,39). The Morgan fingerprint density at radius 1 is 1.04 bits per heavy atom. The van der Waals surface area contributed by atoms with E-state index in [2.05, 4.69) is 21.2 Å². The van der Waals surface area contributed by atoms with Crippen molar-refractivity contribution in [1.82, 2.24) is 19.4 Å². The van der Waals surface area contributed by atoms with Crippen LogP contribution in [0.2, 0.25) is 5.02 Å². The third kappa shape index (κ3) is 6.87. The fourth-order valence-corrected chi connectivity index (χ4v) is 6.52. The zero-order valence-electron chi connectivity index (χ0n) is 24.9. The van der Waals surface area contributed by atoms with E-state index < -0.39 is 21.4 Å². The van der Waals surface area contributed by atoms with E-state index in [1.54, 1.807) is 66.4 Å². The van der Waals surface area contributed by atoms with Gasteiger partial charge in [-0.05, 0) is 89.9 Å². The Morgan fingerprint density at radius 3 is 2.44 bits per heavy atom. The molecule has 0 saturated heterocycles. The van der Waals surface area contributed by atoms with Crippen molar-refractivity contribution in [3.63, 3.8) is 0 Å². The largest absolute Gasteiger partial charge is 0.491 e. The van der Waals surface area contributed by atoms with Gasteiger partial charge in [-0.3, -0.25) is 18.7 Å². The van der Waals surface area contributed by atoms with E-state index >= 15 is 0 Å². The first-order valence-electron chi connectivity index (χ1n) is 14.3. The Balaban J connectivity index is 1.52. The quantitative estimate of drug-likeness (QED) is 0.254. The maximum atomic E-state index is 13.9. The highest BCUT2D eigenvalue weighted by Crippen LogP contribution is 2.26. The Bertz CT molecular complexity index is 1940. The predicted molar refractivity (Wildman–Crippen MR) is 175 cm³/mol. The molecule has 0 spiro atoms. The van der Waals surface area contributed by atoms with Crippen LogP contribution in [0, 0.1) is 0 Å². The molecular weight excluding hydrogens is 684 g/mol. The van der Waals surface area contributed by atoms with Gasteiger partial charge in [0.15, 0.2) is 9.84 Å². The van der Waals surface area contributed by atoms with Gasteiger partial charge in [0.05, 0.1) is 39.7 Å². The summed E-state index contributed by atoms with van der Waals surface area (Å²) in [5, 5.41) is 3.25. The van der Waals surface area contributed by atoms with Gasteiger partial charge in [0.1, 0.15) is 11.4 Å². The number of sulfone groups is 1. The molecule has 1 aromatic heterocycles. The van der Waals surface area contributed by atoms with Crippen molar-refractivity contribution >= 4 is 49.2 Å². The third-order valence-corrected chi connectivity index (χ3v) is 10.4. The van der Waals surface area contributed by atoms with Gasteiger partial charge in [-0.25, -0.2) is 13.2 Å². The van der Waals surface area contributed by atoms with Crippen LogP contribution < -0.4 is 15.7 Å². The molecule has 13 heteroatoms. The molecule has 0 saturated carbocycles. The van der Waals surface area contributed by atoms with Gasteiger partial charge in [0.2, 0.25) is 0 Å². The van der Waals surface area contributed by atoms with E-state index in [1.165, 1.54) is 21.3 Å². The van der Waals surface area contributed by atoms with Crippen LogP contribution in [-0.4, -0.2) is 52.7 Å². The van der Waals surface area contributed by atoms with E-state index in [-0.39, 0.29) is 54.5 Å². The summed E-state index contributed by atoms with van der Waals surface area (Å²) in [7, 11) is -3.44. The van der Waals surface area contributed by atoms with Gasteiger partial charge in [-0.15, -0.1) is 0 Å². The van der Waals surface area contributed by atoms with Crippen LogP contribution in [0.4, 0.5) is 0 Å². The molecule has 45 heavy (non-hydrogen) atoms. The fourth-order valence-electron chi connectivity index (χ4n) is 5.14. The van der Waals surface area contributed by atoms with Crippen LogP contribution in [0.3, 0.4) is 0 Å². The van der Waals surface area contributed by atoms with Crippen molar-refractivity contribution in [3.05, 3.63) is 109 Å². The molecule has 0 aliphatic carbocycles. The van der Waals surface area contributed by atoms with Crippen molar-refractivity contribution in [1.29, 1.82) is 0 Å². The average Bonchev–Trinajstić information content (AvgIpc) is 3.32. The second kappa shape index (κ2) is 13.2. The number of carbonyl (C=O) groups excluding carboxylic acids is 2. The molecule has 4 aromatic rings. The summed E-state index contributed by atoms with van der Waals surface area (Å²) in [5.41, 5.74) is 1.47. The minimum Gasteiger partial charge on any atom is -0.491 e. The number of amides is 2. The van der Waals surface area contributed by atoms with E-state index in [1.807, 2.05) is 13.8 Å². The van der Waals surface area contributed by atoms with Gasteiger partial charge >= 0.3 is 5.69 Å². The maximum Gasteiger partial charge on any atom is 0.333 e. The molecule has 0 fully saturated rings. The van der Waals surface area contributed by atoms with Crippen LogP contribution in [0.15, 0.2) is 80.9 Å². The molecule has 236 valence electrons. The molecule has 0 bridgehead atoms. The van der Waals surface area contributed by atoms with E-state index in [0.717, 1.165) is 0 Å². The number of carbonyl (C=O) groups is 2. The molecule has 1 aliphatic rings. The van der Waals surface area contributed by atoms with Crippen LogP contribution >= 0.6 is 27.5 Å². The maximum absolute atomic E-state index is 13.9. The number of ether oxygens (including phenoxy) is 1. The number of imidazole rings is 1. The number of nitrogens with one attached hydrogen (secondary N) is 1. The number of hydrogen-bond donors (Lipinski definition) is 1. The molecule has 1 aliphatic heterocycles. The van der Waals surface area contributed by atoms with E-state index in [4.69, 9.17) is 16.3 Å². The number of benzene rings is 3. The van der Waals surface area contributed by atoms with Gasteiger partial charge in [0, 0.05) is 29.7 Å². The molecule has 0 unspecified atom stereocenters. The summed E-state index contributed by atoms with van der Waals surface area (Å²) in [4.78, 5) is 43.0. The summed E-state index contributed by atoms with van der Waals surface area (Å²) >= 11 is 9.58. The zero-order chi connectivity index (χ0) is 32.5. The molecule has 0 atom stereocenters. The second-order valence-corrected chi connectivity index (χ2v) is 14.4. The number of fused-ring (bicyclic) bond motifs is 1. The normalized spacial score (nSPS) is 13.1. The van der Waals surface area contributed by atoms with Gasteiger partial charge < -0.3 is 15.0 Å². The highest BCUT2D eigenvalue weighted by molar-refractivity contribution is 9.10. The zero-order valence-corrected chi connectivity index (χ0v) is 28.1. The lowest BCUT2D eigenvalue weighted by Gasteiger charge is -2.28. The number of rotatable bonds is 9.